The van der Waals surface area contributed by atoms with Crippen LogP contribution in [-0.2, 0) is 6.54 Å². The molecule has 2 N–H and O–H groups in total. The van der Waals surface area contributed by atoms with Gasteiger partial charge in [-0.15, -0.1) is 0 Å². The maximum Gasteiger partial charge on any atom is 0.0541 e. The van der Waals surface area contributed by atoms with Crippen LogP contribution in [0.1, 0.15) is 31.2 Å². The van der Waals surface area contributed by atoms with Crippen LogP contribution < -0.4 is 5.32 Å². The summed E-state index contributed by atoms with van der Waals surface area (Å²) in [4.78, 5) is 0. The van der Waals surface area contributed by atoms with Gasteiger partial charge in [-0.25, -0.2) is 0 Å². The molecular weight excluding hydrogens is 257 g/mol. The summed E-state index contributed by atoms with van der Waals surface area (Å²) in [6.45, 7) is 0.761. The van der Waals surface area contributed by atoms with Crippen molar-refractivity contribution in [3.05, 3.63) is 33.8 Å². The van der Waals surface area contributed by atoms with Crippen molar-refractivity contribution in [3.63, 3.8) is 0 Å². The van der Waals surface area contributed by atoms with Gasteiger partial charge in [0.05, 0.1) is 6.10 Å². The van der Waals surface area contributed by atoms with E-state index in [1.54, 1.807) is 6.07 Å². The van der Waals surface area contributed by atoms with Crippen molar-refractivity contribution in [1.82, 2.24) is 5.32 Å². The molecule has 0 aromatic heterocycles. The first-order chi connectivity index (χ1) is 8.15. The number of aliphatic hydroxyl groups is 1. The molecule has 2 nitrogen and oxygen atoms in total. The smallest absolute Gasteiger partial charge is 0.0541 e. The summed E-state index contributed by atoms with van der Waals surface area (Å²) < 4.78 is 0. The van der Waals surface area contributed by atoms with Crippen LogP contribution in [0.25, 0.3) is 0 Å². The first-order valence-corrected chi connectivity index (χ1v) is 6.76. The summed E-state index contributed by atoms with van der Waals surface area (Å²) >= 11 is 12.0. The molecule has 1 saturated carbocycles. The molecule has 4 heteroatoms. The number of hydrogen-bond donors (Lipinski definition) is 2. The molecule has 1 fully saturated rings. The molecule has 0 aliphatic heterocycles. The van der Waals surface area contributed by atoms with E-state index in [2.05, 4.69) is 5.32 Å². The summed E-state index contributed by atoms with van der Waals surface area (Å²) in [5.41, 5.74) is 1.07. The number of aliphatic hydroxyl groups excluding tert-OH is 1. The average Bonchev–Trinajstić information content (AvgIpc) is 2.30. The highest BCUT2D eigenvalue weighted by atomic mass is 35.5. The molecule has 0 spiro atoms. The lowest BCUT2D eigenvalue weighted by Crippen LogP contribution is -2.34. The van der Waals surface area contributed by atoms with Gasteiger partial charge in [0.1, 0.15) is 0 Å². The Morgan fingerprint density at radius 1 is 1.18 bits per heavy atom. The van der Waals surface area contributed by atoms with Crippen molar-refractivity contribution in [3.8, 4) is 0 Å². The molecule has 0 heterocycles. The minimum atomic E-state index is -0.104. The second-order valence-corrected chi connectivity index (χ2v) is 5.47. The molecular formula is C13H17Cl2NO. The maximum atomic E-state index is 9.42. The Balaban J connectivity index is 1.85. The molecule has 1 aliphatic carbocycles. The van der Waals surface area contributed by atoms with Crippen molar-refractivity contribution in [1.29, 1.82) is 0 Å². The van der Waals surface area contributed by atoms with Gasteiger partial charge in [-0.2, -0.15) is 0 Å². The van der Waals surface area contributed by atoms with E-state index < -0.39 is 0 Å². The standard InChI is InChI=1S/C13H17Cl2NO/c14-10-2-1-9(13(15)7-10)8-16-11-3-5-12(17)6-4-11/h1-2,7,11-12,16-17H,3-6,8H2. The molecule has 17 heavy (non-hydrogen) atoms. The van der Waals surface area contributed by atoms with Gasteiger partial charge in [-0.1, -0.05) is 29.3 Å². The van der Waals surface area contributed by atoms with E-state index in [0.717, 1.165) is 37.8 Å². The Hall–Kier alpha value is -0.280. The summed E-state index contributed by atoms with van der Waals surface area (Å²) in [6, 6.07) is 6.07. The maximum absolute atomic E-state index is 9.42. The lowest BCUT2D eigenvalue weighted by atomic mass is 9.93. The third-order valence-electron chi connectivity index (χ3n) is 3.29. The summed E-state index contributed by atoms with van der Waals surface area (Å²) in [7, 11) is 0. The van der Waals surface area contributed by atoms with E-state index in [-0.39, 0.29) is 6.10 Å². The van der Waals surface area contributed by atoms with Crippen LogP contribution in [0.2, 0.25) is 10.0 Å². The van der Waals surface area contributed by atoms with Crippen molar-refractivity contribution in [2.24, 2.45) is 0 Å². The molecule has 0 saturated heterocycles. The molecule has 94 valence electrons. The van der Waals surface area contributed by atoms with E-state index >= 15 is 0 Å². The van der Waals surface area contributed by atoms with Crippen LogP contribution in [-0.4, -0.2) is 17.3 Å². The van der Waals surface area contributed by atoms with Crippen molar-refractivity contribution in [2.45, 2.75) is 44.4 Å². The summed E-state index contributed by atoms with van der Waals surface area (Å²) in [5, 5.41) is 14.3. The Bertz CT molecular complexity index is 376. The van der Waals surface area contributed by atoms with E-state index in [9.17, 15) is 5.11 Å². The number of rotatable bonds is 3. The number of halogens is 2. The zero-order valence-electron chi connectivity index (χ0n) is 9.63. The van der Waals surface area contributed by atoms with Gasteiger partial charge in [0.2, 0.25) is 0 Å². The molecule has 1 aromatic carbocycles. The van der Waals surface area contributed by atoms with Crippen molar-refractivity contribution < 1.29 is 5.11 Å². The molecule has 0 bridgehead atoms. The normalized spacial score (nSPS) is 24.9. The second-order valence-electron chi connectivity index (χ2n) is 4.62. The minimum absolute atomic E-state index is 0.104. The average molecular weight is 274 g/mol. The van der Waals surface area contributed by atoms with Gasteiger partial charge in [0.15, 0.2) is 0 Å². The molecule has 0 unspecified atom stereocenters. The summed E-state index contributed by atoms with van der Waals surface area (Å²) in [6.07, 6.45) is 3.75. The predicted molar refractivity (Wildman–Crippen MR) is 71.6 cm³/mol. The van der Waals surface area contributed by atoms with Crippen LogP contribution in [0.15, 0.2) is 18.2 Å². The zero-order valence-corrected chi connectivity index (χ0v) is 11.1. The summed E-state index contributed by atoms with van der Waals surface area (Å²) in [5.74, 6) is 0. The number of nitrogens with one attached hydrogen (secondary N) is 1. The van der Waals surface area contributed by atoms with Crippen LogP contribution in [0.3, 0.4) is 0 Å². The van der Waals surface area contributed by atoms with Crippen molar-refractivity contribution >= 4 is 23.2 Å². The highest BCUT2D eigenvalue weighted by Crippen LogP contribution is 2.22. The SMILES string of the molecule is OC1CCC(NCc2ccc(Cl)cc2Cl)CC1. The highest BCUT2D eigenvalue weighted by Gasteiger charge is 2.18. The quantitative estimate of drug-likeness (QED) is 0.885. The van der Waals surface area contributed by atoms with Crippen molar-refractivity contribution in [2.75, 3.05) is 0 Å². The molecule has 1 aliphatic rings. The van der Waals surface area contributed by atoms with E-state index in [1.165, 1.54) is 0 Å². The van der Waals surface area contributed by atoms with Gasteiger partial charge in [0.25, 0.3) is 0 Å². The molecule has 1 aromatic rings. The van der Waals surface area contributed by atoms with Gasteiger partial charge >= 0.3 is 0 Å². The molecule has 2 rings (SSSR count). The van der Waals surface area contributed by atoms with Gasteiger partial charge in [-0.3, -0.25) is 0 Å². The molecule has 0 radical (unpaired) electrons. The Labute approximate surface area is 112 Å². The first-order valence-electron chi connectivity index (χ1n) is 6.00. The van der Waals surface area contributed by atoms with Crippen LogP contribution in [0.5, 0.6) is 0 Å². The number of hydrogen-bond acceptors (Lipinski definition) is 2. The molecule has 0 atom stereocenters. The fraction of sp³-hybridized carbons (Fsp3) is 0.538. The fourth-order valence-electron chi connectivity index (χ4n) is 2.20. The zero-order chi connectivity index (χ0) is 12.3. The highest BCUT2D eigenvalue weighted by molar-refractivity contribution is 6.35. The topological polar surface area (TPSA) is 32.3 Å². The third kappa shape index (κ3) is 3.85. The minimum Gasteiger partial charge on any atom is -0.393 e. The Morgan fingerprint density at radius 2 is 1.88 bits per heavy atom. The fourth-order valence-corrected chi connectivity index (χ4v) is 2.67. The number of benzene rings is 1. The lowest BCUT2D eigenvalue weighted by molar-refractivity contribution is 0.116. The predicted octanol–water partition coefficient (Wildman–Crippen LogP) is 3.39. The lowest BCUT2D eigenvalue weighted by Gasteiger charge is -2.26. The van der Waals surface area contributed by atoms with Gasteiger partial charge in [-0.05, 0) is 43.4 Å². The van der Waals surface area contributed by atoms with E-state index in [4.69, 9.17) is 23.2 Å². The molecule has 0 amide bonds. The monoisotopic (exact) mass is 273 g/mol. The largest absolute Gasteiger partial charge is 0.393 e. The van der Waals surface area contributed by atoms with Gasteiger partial charge < -0.3 is 10.4 Å². The van der Waals surface area contributed by atoms with E-state index in [1.807, 2.05) is 12.1 Å². The van der Waals surface area contributed by atoms with Gasteiger partial charge in [0, 0.05) is 22.6 Å². The third-order valence-corrected chi connectivity index (χ3v) is 3.88. The Kier molecular flexibility index (Phi) is 4.69. The first kappa shape index (κ1) is 13.2. The van der Waals surface area contributed by atoms with Crippen LogP contribution >= 0.6 is 23.2 Å². The van der Waals surface area contributed by atoms with E-state index in [0.29, 0.717) is 16.1 Å². The Morgan fingerprint density at radius 3 is 2.53 bits per heavy atom. The second kappa shape index (κ2) is 6.05. The van der Waals surface area contributed by atoms with Crippen LogP contribution in [0.4, 0.5) is 0 Å². The van der Waals surface area contributed by atoms with Crippen LogP contribution in [0, 0.1) is 0 Å².